The quantitative estimate of drug-likeness (QED) is 0.352. The van der Waals surface area contributed by atoms with E-state index in [4.69, 9.17) is 24.7 Å². The van der Waals surface area contributed by atoms with Gasteiger partial charge < -0.3 is 24.7 Å². The third-order valence-electron chi connectivity index (χ3n) is 4.41. The number of nitrogen functional groups attached to an aromatic ring is 1. The fourth-order valence-electron chi connectivity index (χ4n) is 3.06. The van der Waals surface area contributed by atoms with E-state index in [2.05, 4.69) is 0 Å². The molecule has 0 amide bonds. The largest absolute Gasteiger partial charge is 0.493 e. The molecule has 0 bridgehead atoms. The molecule has 0 aliphatic heterocycles. The lowest BCUT2D eigenvalue weighted by molar-refractivity contribution is 0.103. The van der Waals surface area contributed by atoms with Crippen molar-refractivity contribution >= 4 is 17.5 Å². The van der Waals surface area contributed by atoms with Crippen molar-refractivity contribution in [1.29, 1.82) is 0 Å². The number of rotatable bonds is 10. The molecule has 0 aliphatic carbocycles. The number of methoxy groups -OCH3 is 3. The van der Waals surface area contributed by atoms with Gasteiger partial charge in [-0.1, -0.05) is 19.4 Å². The molecular weight excluding hydrogens is 370 g/mol. The zero-order valence-corrected chi connectivity index (χ0v) is 17.7. The first-order valence-electron chi connectivity index (χ1n) is 9.56. The Morgan fingerprint density at radius 1 is 0.966 bits per heavy atom. The fourth-order valence-corrected chi connectivity index (χ4v) is 3.06. The lowest BCUT2D eigenvalue weighted by atomic mass is 9.96. The smallest absolute Gasteiger partial charge is 0.203 e. The Labute approximate surface area is 172 Å². The molecule has 0 radical (unpaired) electrons. The van der Waals surface area contributed by atoms with E-state index in [1.807, 2.05) is 38.1 Å². The standard InChI is InChI=1S/C23H29NO5/c1-6-8-16(11-15-9-10-19(29-7-2)18(24)12-15)22(25)17-13-20(26-3)23(28-5)21(14-17)27-4/h9-14H,6-8,24H2,1-5H3. The van der Waals surface area contributed by atoms with E-state index in [1.54, 1.807) is 12.1 Å². The molecule has 0 aromatic heterocycles. The Bertz CT molecular complexity index is 864. The second kappa shape index (κ2) is 10.4. The molecule has 2 aromatic carbocycles. The summed E-state index contributed by atoms with van der Waals surface area (Å²) < 4.78 is 21.6. The fraction of sp³-hybridized carbons (Fsp3) is 0.348. The van der Waals surface area contributed by atoms with Crippen LogP contribution in [0.3, 0.4) is 0 Å². The molecule has 2 aromatic rings. The second-order valence-corrected chi connectivity index (χ2v) is 6.39. The highest BCUT2D eigenvalue weighted by Crippen LogP contribution is 2.39. The maximum absolute atomic E-state index is 13.3. The van der Waals surface area contributed by atoms with Crippen molar-refractivity contribution in [2.45, 2.75) is 26.7 Å². The van der Waals surface area contributed by atoms with Gasteiger partial charge >= 0.3 is 0 Å². The molecule has 0 spiro atoms. The number of hydrogen-bond acceptors (Lipinski definition) is 6. The van der Waals surface area contributed by atoms with Gasteiger partial charge in [0.2, 0.25) is 5.75 Å². The molecule has 6 nitrogen and oxygen atoms in total. The predicted octanol–water partition coefficient (Wildman–Crippen LogP) is 4.76. The van der Waals surface area contributed by atoms with Gasteiger partial charge in [0.25, 0.3) is 0 Å². The van der Waals surface area contributed by atoms with Crippen LogP contribution in [0.25, 0.3) is 6.08 Å². The zero-order chi connectivity index (χ0) is 21.4. The average Bonchev–Trinajstić information content (AvgIpc) is 2.73. The summed E-state index contributed by atoms with van der Waals surface area (Å²) in [5.41, 5.74) is 8.59. The van der Waals surface area contributed by atoms with Gasteiger partial charge in [0.05, 0.1) is 33.6 Å². The van der Waals surface area contributed by atoms with E-state index < -0.39 is 0 Å². The van der Waals surface area contributed by atoms with Gasteiger partial charge in [0, 0.05) is 11.1 Å². The maximum Gasteiger partial charge on any atom is 0.203 e. The van der Waals surface area contributed by atoms with Gasteiger partial charge in [-0.25, -0.2) is 0 Å². The lowest BCUT2D eigenvalue weighted by Crippen LogP contribution is -2.06. The van der Waals surface area contributed by atoms with Crippen molar-refractivity contribution in [3.05, 3.63) is 47.0 Å². The number of Topliss-reactive ketones (excluding diaryl/α,β-unsaturated/α-hetero) is 1. The third-order valence-corrected chi connectivity index (χ3v) is 4.41. The Morgan fingerprint density at radius 2 is 1.62 bits per heavy atom. The third kappa shape index (κ3) is 5.22. The highest BCUT2D eigenvalue weighted by molar-refractivity contribution is 6.12. The summed E-state index contributed by atoms with van der Waals surface area (Å²) in [5.74, 6) is 1.87. The van der Waals surface area contributed by atoms with Crippen LogP contribution < -0.4 is 24.7 Å². The van der Waals surface area contributed by atoms with Crippen LogP contribution in [0, 0.1) is 0 Å². The Morgan fingerprint density at radius 3 is 2.10 bits per heavy atom. The second-order valence-electron chi connectivity index (χ2n) is 6.39. The summed E-state index contributed by atoms with van der Waals surface area (Å²) in [5, 5.41) is 0. The van der Waals surface area contributed by atoms with Crippen molar-refractivity contribution < 1.29 is 23.7 Å². The number of nitrogens with two attached hydrogens (primary N) is 1. The Balaban J connectivity index is 2.46. The molecule has 0 atom stereocenters. The van der Waals surface area contributed by atoms with Crippen LogP contribution in [0.5, 0.6) is 23.0 Å². The highest BCUT2D eigenvalue weighted by atomic mass is 16.5. The van der Waals surface area contributed by atoms with E-state index in [1.165, 1.54) is 21.3 Å². The summed E-state index contributed by atoms with van der Waals surface area (Å²) in [6.07, 6.45) is 3.32. The summed E-state index contributed by atoms with van der Waals surface area (Å²) in [7, 11) is 4.58. The molecule has 0 saturated carbocycles. The molecule has 0 fully saturated rings. The molecule has 6 heteroatoms. The first-order valence-corrected chi connectivity index (χ1v) is 9.56. The number of benzene rings is 2. The monoisotopic (exact) mass is 399 g/mol. The van der Waals surface area contributed by atoms with Gasteiger partial charge in [-0.3, -0.25) is 4.79 Å². The number of carbonyl (C=O) groups is 1. The van der Waals surface area contributed by atoms with Crippen molar-refractivity contribution in [1.82, 2.24) is 0 Å². The minimum atomic E-state index is -0.0986. The van der Waals surface area contributed by atoms with Crippen LogP contribution in [0.15, 0.2) is 35.9 Å². The molecule has 0 aliphatic rings. The van der Waals surface area contributed by atoms with Gasteiger partial charge in [0.1, 0.15) is 5.75 Å². The first-order chi connectivity index (χ1) is 14.0. The lowest BCUT2D eigenvalue weighted by Gasteiger charge is -2.14. The summed E-state index contributed by atoms with van der Waals surface area (Å²) >= 11 is 0. The van der Waals surface area contributed by atoms with E-state index in [9.17, 15) is 4.79 Å². The average molecular weight is 399 g/mol. The predicted molar refractivity (Wildman–Crippen MR) is 115 cm³/mol. The van der Waals surface area contributed by atoms with E-state index in [-0.39, 0.29) is 5.78 Å². The van der Waals surface area contributed by atoms with Gasteiger partial charge in [-0.15, -0.1) is 0 Å². The SMILES string of the molecule is CCCC(=Cc1ccc(OCC)c(N)c1)C(=O)c1cc(OC)c(OC)c(OC)c1. The number of anilines is 1. The van der Waals surface area contributed by atoms with Crippen LogP contribution >= 0.6 is 0 Å². The molecule has 0 saturated heterocycles. The van der Waals surface area contributed by atoms with Crippen molar-refractivity contribution in [3.63, 3.8) is 0 Å². The minimum absolute atomic E-state index is 0.0986. The van der Waals surface area contributed by atoms with E-state index in [0.29, 0.717) is 52.8 Å². The minimum Gasteiger partial charge on any atom is -0.493 e. The van der Waals surface area contributed by atoms with Crippen LogP contribution in [0.4, 0.5) is 5.69 Å². The highest BCUT2D eigenvalue weighted by Gasteiger charge is 2.19. The van der Waals surface area contributed by atoms with Gasteiger partial charge in [0.15, 0.2) is 17.3 Å². The summed E-state index contributed by atoms with van der Waals surface area (Å²) in [6, 6.07) is 8.85. The first kappa shape index (κ1) is 22.1. The number of ketones is 1. The normalized spacial score (nSPS) is 11.1. The summed E-state index contributed by atoms with van der Waals surface area (Å²) in [6.45, 7) is 4.48. The van der Waals surface area contributed by atoms with Crippen molar-refractivity contribution in [3.8, 4) is 23.0 Å². The van der Waals surface area contributed by atoms with Gasteiger partial charge in [-0.2, -0.15) is 0 Å². The zero-order valence-electron chi connectivity index (χ0n) is 17.7. The molecular formula is C23H29NO5. The Kier molecular flexibility index (Phi) is 7.95. The van der Waals surface area contributed by atoms with Gasteiger partial charge in [-0.05, 0) is 49.2 Å². The number of hydrogen-bond donors (Lipinski definition) is 1. The molecule has 0 heterocycles. The van der Waals surface area contributed by atoms with Crippen LogP contribution in [0.2, 0.25) is 0 Å². The van der Waals surface area contributed by atoms with Crippen LogP contribution in [-0.2, 0) is 0 Å². The number of ether oxygens (including phenoxy) is 4. The van der Waals surface area contributed by atoms with E-state index in [0.717, 1.165) is 12.0 Å². The number of carbonyl (C=O) groups excluding carboxylic acids is 1. The topological polar surface area (TPSA) is 80.0 Å². The van der Waals surface area contributed by atoms with Crippen LogP contribution in [-0.4, -0.2) is 33.7 Å². The number of allylic oxidation sites excluding steroid dienone is 1. The molecule has 29 heavy (non-hydrogen) atoms. The summed E-state index contributed by atoms with van der Waals surface area (Å²) in [4.78, 5) is 13.3. The van der Waals surface area contributed by atoms with Crippen molar-refractivity contribution in [2.75, 3.05) is 33.7 Å². The Hall–Kier alpha value is -3.15. The van der Waals surface area contributed by atoms with E-state index >= 15 is 0 Å². The van der Waals surface area contributed by atoms with Crippen molar-refractivity contribution in [2.24, 2.45) is 0 Å². The molecule has 156 valence electrons. The maximum atomic E-state index is 13.3. The molecule has 2 N–H and O–H groups in total. The molecule has 2 rings (SSSR count). The molecule has 0 unspecified atom stereocenters. The van der Waals surface area contributed by atoms with Crippen LogP contribution in [0.1, 0.15) is 42.6 Å².